The number of fused-ring (bicyclic) bond motifs is 3. The lowest BCUT2D eigenvalue weighted by Gasteiger charge is -2.33. The molecular formula is C16H15ClF3N5O2. The van der Waals surface area contributed by atoms with Crippen molar-refractivity contribution < 1.29 is 22.6 Å². The third-order valence-electron chi connectivity index (χ3n) is 4.55. The summed E-state index contributed by atoms with van der Waals surface area (Å²) in [5.41, 5.74) is 0.978. The lowest BCUT2D eigenvalue weighted by molar-refractivity contribution is -0.303. The van der Waals surface area contributed by atoms with Crippen molar-refractivity contribution in [3.63, 3.8) is 0 Å². The Kier molecular flexibility index (Phi) is 4.17. The molecule has 144 valence electrons. The minimum Gasteiger partial charge on any atom is -0.485 e. The fourth-order valence-electron chi connectivity index (χ4n) is 3.11. The number of halogens is 4. The van der Waals surface area contributed by atoms with Gasteiger partial charge in [-0.1, -0.05) is 17.7 Å². The Morgan fingerprint density at radius 1 is 1.33 bits per heavy atom. The molecule has 7 nitrogen and oxygen atoms in total. The van der Waals surface area contributed by atoms with Crippen LogP contribution in [0.15, 0.2) is 24.0 Å². The molecule has 1 aliphatic carbocycles. The molecule has 0 N–H and O–H groups in total. The molecule has 2 atom stereocenters. The van der Waals surface area contributed by atoms with Gasteiger partial charge in [-0.2, -0.15) is 9.61 Å². The highest BCUT2D eigenvalue weighted by atomic mass is 35.5. The van der Waals surface area contributed by atoms with Crippen molar-refractivity contribution in [3.8, 4) is 5.75 Å². The smallest absolute Gasteiger partial charge is 0.485 e. The van der Waals surface area contributed by atoms with Crippen LogP contribution >= 0.6 is 11.6 Å². The van der Waals surface area contributed by atoms with Gasteiger partial charge < -0.3 is 14.4 Å². The van der Waals surface area contributed by atoms with Gasteiger partial charge >= 0.3 is 6.36 Å². The molecule has 2 aromatic rings. The van der Waals surface area contributed by atoms with E-state index in [4.69, 9.17) is 16.3 Å². The maximum absolute atomic E-state index is 12.5. The Morgan fingerprint density at radius 3 is 2.85 bits per heavy atom. The summed E-state index contributed by atoms with van der Waals surface area (Å²) in [5.74, 6) is 0.0113. The van der Waals surface area contributed by atoms with E-state index >= 15 is 0 Å². The first-order valence-electron chi connectivity index (χ1n) is 8.19. The molecule has 2 unspecified atom stereocenters. The Hall–Kier alpha value is -2.49. The highest BCUT2D eigenvalue weighted by Gasteiger charge is 2.34. The Labute approximate surface area is 157 Å². The van der Waals surface area contributed by atoms with Crippen molar-refractivity contribution in [1.82, 2.24) is 19.8 Å². The molecule has 3 heterocycles. The second-order valence-corrected chi connectivity index (χ2v) is 6.75. The van der Waals surface area contributed by atoms with Crippen molar-refractivity contribution in [2.45, 2.75) is 31.7 Å². The molecule has 0 saturated heterocycles. The SMILES string of the molecule is CC1COc2c(c(Cl)nn3c(C4C=C(OC(F)(F)F)C=CC4)nnc23)N1C. The summed E-state index contributed by atoms with van der Waals surface area (Å²) in [7, 11) is 1.88. The number of allylic oxidation sites excluding steroid dienone is 3. The van der Waals surface area contributed by atoms with Crippen molar-refractivity contribution in [2.75, 3.05) is 18.6 Å². The van der Waals surface area contributed by atoms with Crippen LogP contribution in [0.5, 0.6) is 5.75 Å². The van der Waals surface area contributed by atoms with Gasteiger partial charge in [-0.15, -0.1) is 23.4 Å². The minimum absolute atomic E-state index is 0.107. The fraction of sp³-hybridized carbons (Fsp3) is 0.438. The molecule has 0 bridgehead atoms. The van der Waals surface area contributed by atoms with Crippen LogP contribution in [0.3, 0.4) is 0 Å². The van der Waals surface area contributed by atoms with Crippen molar-refractivity contribution in [3.05, 3.63) is 35.0 Å². The molecule has 2 aromatic heterocycles. The van der Waals surface area contributed by atoms with E-state index in [0.29, 0.717) is 35.9 Å². The Bertz CT molecular complexity index is 956. The van der Waals surface area contributed by atoms with Gasteiger partial charge in [-0.3, -0.25) is 0 Å². The highest BCUT2D eigenvalue weighted by molar-refractivity contribution is 6.32. The number of nitrogens with zero attached hydrogens (tertiary/aromatic N) is 5. The van der Waals surface area contributed by atoms with Crippen LogP contribution in [0.1, 0.15) is 25.1 Å². The van der Waals surface area contributed by atoms with Gasteiger partial charge in [-0.05, 0) is 25.5 Å². The summed E-state index contributed by atoms with van der Waals surface area (Å²) >= 11 is 6.35. The lowest BCUT2D eigenvalue weighted by Crippen LogP contribution is -2.38. The first kappa shape index (κ1) is 17.9. The molecule has 0 amide bonds. The predicted molar refractivity (Wildman–Crippen MR) is 90.9 cm³/mol. The molecule has 11 heteroatoms. The summed E-state index contributed by atoms with van der Waals surface area (Å²) < 4.78 is 48.7. The van der Waals surface area contributed by atoms with Crippen LogP contribution in [-0.4, -0.2) is 45.9 Å². The second-order valence-electron chi connectivity index (χ2n) is 6.39. The molecule has 0 spiro atoms. The van der Waals surface area contributed by atoms with Gasteiger partial charge in [0, 0.05) is 13.0 Å². The number of hydrogen-bond donors (Lipinski definition) is 0. The van der Waals surface area contributed by atoms with Crippen LogP contribution < -0.4 is 9.64 Å². The second kappa shape index (κ2) is 6.29. The number of alkyl halides is 3. The van der Waals surface area contributed by atoms with E-state index in [-0.39, 0.29) is 17.0 Å². The third kappa shape index (κ3) is 3.18. The zero-order valence-electron chi connectivity index (χ0n) is 14.4. The van der Waals surface area contributed by atoms with Crippen LogP contribution in [0, 0.1) is 0 Å². The normalized spacial score (nSPS) is 22.4. The topological polar surface area (TPSA) is 64.8 Å². The Balaban J connectivity index is 1.77. The van der Waals surface area contributed by atoms with Crippen molar-refractivity contribution >= 4 is 22.9 Å². The number of likely N-dealkylation sites (N-methyl/N-ethyl adjacent to an activating group) is 1. The average Bonchev–Trinajstić information content (AvgIpc) is 3.00. The fourth-order valence-corrected chi connectivity index (χ4v) is 3.40. The standard InChI is InChI=1S/C16H15ClF3N5O2/c1-8-7-26-12-11(24(8)2)13(17)23-25-14(21-22-15(12)25)9-4-3-5-10(6-9)27-16(18,19)20/h3,5-6,8-9H,4,7H2,1-2H3. The molecule has 27 heavy (non-hydrogen) atoms. The molecule has 2 aliphatic rings. The van der Waals surface area contributed by atoms with Gasteiger partial charge in [0.2, 0.25) is 5.65 Å². The average molecular weight is 402 g/mol. The predicted octanol–water partition coefficient (Wildman–Crippen LogP) is 3.46. The largest absolute Gasteiger partial charge is 0.573 e. The number of rotatable bonds is 2. The van der Waals surface area contributed by atoms with Crippen molar-refractivity contribution in [1.29, 1.82) is 0 Å². The first-order chi connectivity index (χ1) is 12.7. The summed E-state index contributed by atoms with van der Waals surface area (Å²) in [6, 6.07) is 0.107. The Morgan fingerprint density at radius 2 is 2.11 bits per heavy atom. The minimum atomic E-state index is -4.76. The van der Waals surface area contributed by atoms with Gasteiger partial charge in [0.25, 0.3) is 0 Å². The van der Waals surface area contributed by atoms with Crippen LogP contribution in [0.4, 0.5) is 18.9 Å². The highest BCUT2D eigenvalue weighted by Crippen LogP contribution is 2.41. The maximum atomic E-state index is 12.5. The van der Waals surface area contributed by atoms with E-state index < -0.39 is 12.3 Å². The molecular weight excluding hydrogens is 387 g/mol. The first-order valence-corrected chi connectivity index (χ1v) is 8.57. The molecule has 1 aliphatic heterocycles. The number of ether oxygens (including phenoxy) is 2. The van der Waals surface area contributed by atoms with E-state index in [1.54, 1.807) is 6.08 Å². The molecule has 0 saturated carbocycles. The molecule has 0 aromatic carbocycles. The number of hydrogen-bond acceptors (Lipinski definition) is 6. The van der Waals surface area contributed by atoms with Crippen LogP contribution in [-0.2, 0) is 4.74 Å². The van der Waals surface area contributed by atoms with E-state index in [2.05, 4.69) is 20.0 Å². The summed E-state index contributed by atoms with van der Waals surface area (Å²) in [6.07, 6.45) is -0.137. The maximum Gasteiger partial charge on any atom is 0.573 e. The van der Waals surface area contributed by atoms with Crippen molar-refractivity contribution in [2.24, 2.45) is 0 Å². The third-order valence-corrected chi connectivity index (χ3v) is 4.81. The molecule has 0 radical (unpaired) electrons. The van der Waals surface area contributed by atoms with Gasteiger partial charge in [0.1, 0.15) is 18.1 Å². The zero-order valence-corrected chi connectivity index (χ0v) is 15.1. The molecule has 4 rings (SSSR count). The van der Waals surface area contributed by atoms with Gasteiger partial charge in [0.15, 0.2) is 16.7 Å². The van der Waals surface area contributed by atoms with Gasteiger partial charge in [0.05, 0.1) is 6.04 Å². The van der Waals surface area contributed by atoms with Crippen LogP contribution in [0.25, 0.3) is 5.65 Å². The van der Waals surface area contributed by atoms with Crippen LogP contribution in [0.2, 0.25) is 5.15 Å². The summed E-state index contributed by atoms with van der Waals surface area (Å²) in [4.78, 5) is 1.95. The number of anilines is 1. The van der Waals surface area contributed by atoms with Gasteiger partial charge in [-0.25, -0.2) is 0 Å². The summed E-state index contributed by atoms with van der Waals surface area (Å²) in [5, 5.41) is 12.8. The molecule has 0 fully saturated rings. The number of aromatic nitrogens is 4. The van der Waals surface area contributed by atoms with E-state index in [1.165, 1.54) is 16.7 Å². The summed E-state index contributed by atoms with van der Waals surface area (Å²) in [6.45, 7) is 2.43. The van der Waals surface area contributed by atoms with E-state index in [1.807, 2.05) is 18.9 Å². The zero-order chi connectivity index (χ0) is 19.3. The van der Waals surface area contributed by atoms with E-state index in [0.717, 1.165) is 0 Å². The quantitative estimate of drug-likeness (QED) is 0.768. The monoisotopic (exact) mass is 401 g/mol. The lowest BCUT2D eigenvalue weighted by atomic mass is 9.99. The van der Waals surface area contributed by atoms with E-state index in [9.17, 15) is 13.2 Å².